The van der Waals surface area contributed by atoms with E-state index in [-0.39, 0.29) is 6.61 Å². The van der Waals surface area contributed by atoms with Crippen molar-refractivity contribution in [1.29, 1.82) is 0 Å². The zero-order chi connectivity index (χ0) is 7.68. The number of anilines is 1. The van der Waals surface area contributed by atoms with E-state index in [4.69, 9.17) is 4.74 Å². The molecule has 4 nitrogen and oxygen atoms in total. The molecule has 1 aromatic rings. The molecule has 1 aliphatic rings. The van der Waals surface area contributed by atoms with E-state index in [0.717, 1.165) is 11.4 Å². The van der Waals surface area contributed by atoms with Crippen LogP contribution in [0.15, 0.2) is 18.3 Å². The van der Waals surface area contributed by atoms with Crippen LogP contribution in [0.4, 0.5) is 10.5 Å². The molecule has 2 heterocycles. The molecule has 0 saturated carbocycles. The minimum atomic E-state index is -0.412. The van der Waals surface area contributed by atoms with Crippen molar-refractivity contribution >= 4 is 11.8 Å². The van der Waals surface area contributed by atoms with Crippen LogP contribution in [0, 0.1) is 0 Å². The van der Waals surface area contributed by atoms with Gasteiger partial charge in [0.05, 0.1) is 5.69 Å². The zero-order valence-corrected chi connectivity index (χ0v) is 5.70. The molecule has 0 spiro atoms. The summed E-state index contributed by atoms with van der Waals surface area (Å²) in [5, 5.41) is 2.54. The van der Waals surface area contributed by atoms with Gasteiger partial charge in [-0.3, -0.25) is 10.3 Å². The summed E-state index contributed by atoms with van der Waals surface area (Å²) < 4.78 is 4.69. The first-order chi connectivity index (χ1) is 5.36. The normalized spacial score (nSPS) is 14.7. The molecule has 0 unspecified atom stereocenters. The van der Waals surface area contributed by atoms with Crippen molar-refractivity contribution in [2.24, 2.45) is 0 Å². The number of nitrogens with zero attached hydrogens (tertiary/aromatic N) is 1. The van der Waals surface area contributed by atoms with E-state index in [0.29, 0.717) is 0 Å². The van der Waals surface area contributed by atoms with E-state index in [1.807, 2.05) is 0 Å². The minimum absolute atomic E-state index is 0.266. The van der Waals surface area contributed by atoms with Gasteiger partial charge in [0, 0.05) is 6.20 Å². The van der Waals surface area contributed by atoms with Gasteiger partial charge in [-0.2, -0.15) is 0 Å². The van der Waals surface area contributed by atoms with Gasteiger partial charge in [-0.25, -0.2) is 4.79 Å². The Morgan fingerprint density at radius 3 is 3.45 bits per heavy atom. The number of fused-ring (bicyclic) bond motifs is 1. The van der Waals surface area contributed by atoms with Crippen LogP contribution in [0.5, 0.6) is 0 Å². The monoisotopic (exact) mass is 150 g/mol. The van der Waals surface area contributed by atoms with Crippen LogP contribution in [0.3, 0.4) is 0 Å². The fourth-order valence-electron chi connectivity index (χ4n) is 0.947. The van der Waals surface area contributed by atoms with Crippen molar-refractivity contribution in [3.63, 3.8) is 0 Å². The Kier molecular flexibility index (Phi) is 1.25. The maximum Gasteiger partial charge on any atom is 0.412 e. The Hall–Kier alpha value is -1.58. The molecule has 0 aliphatic carbocycles. The third kappa shape index (κ3) is 1.02. The molecule has 1 aliphatic heterocycles. The van der Waals surface area contributed by atoms with Gasteiger partial charge >= 0.3 is 6.09 Å². The highest BCUT2D eigenvalue weighted by Crippen LogP contribution is 2.17. The summed E-state index contributed by atoms with van der Waals surface area (Å²) in [5.41, 5.74) is 1.51. The summed E-state index contributed by atoms with van der Waals surface area (Å²) in [6.45, 7) is 0.266. The molecule has 2 rings (SSSR count). The van der Waals surface area contributed by atoms with Gasteiger partial charge in [-0.05, 0) is 12.1 Å². The van der Waals surface area contributed by atoms with E-state index >= 15 is 0 Å². The molecule has 1 N–H and O–H groups in total. The molecule has 0 bridgehead atoms. The lowest BCUT2D eigenvalue weighted by Crippen LogP contribution is -2.20. The van der Waals surface area contributed by atoms with Crippen LogP contribution in [-0.2, 0) is 11.3 Å². The number of amides is 1. The number of pyridine rings is 1. The third-order valence-electron chi connectivity index (χ3n) is 1.47. The first-order valence-electron chi connectivity index (χ1n) is 3.24. The lowest BCUT2D eigenvalue weighted by molar-refractivity contribution is 0.149. The van der Waals surface area contributed by atoms with Crippen molar-refractivity contribution in [1.82, 2.24) is 4.98 Å². The number of cyclic esters (lactones) is 1. The summed E-state index contributed by atoms with van der Waals surface area (Å²) in [5.74, 6) is 0. The first kappa shape index (κ1) is 6.15. The Morgan fingerprint density at radius 1 is 1.64 bits per heavy atom. The number of hydrogen-bond donors (Lipinski definition) is 1. The van der Waals surface area contributed by atoms with Gasteiger partial charge in [0.1, 0.15) is 12.3 Å². The molecule has 1 amide bonds. The largest absolute Gasteiger partial charge is 0.443 e. The second kappa shape index (κ2) is 2.23. The maximum absolute atomic E-state index is 10.7. The lowest BCUT2D eigenvalue weighted by Gasteiger charge is -2.15. The topological polar surface area (TPSA) is 51.2 Å². The molecule has 0 radical (unpaired) electrons. The Bertz CT molecular complexity index is 298. The molecular weight excluding hydrogens is 144 g/mol. The smallest absolute Gasteiger partial charge is 0.412 e. The summed E-state index contributed by atoms with van der Waals surface area (Å²) in [7, 11) is 0. The maximum atomic E-state index is 10.7. The number of ether oxygens (including phenoxy) is 1. The summed E-state index contributed by atoms with van der Waals surface area (Å²) in [4.78, 5) is 14.7. The molecule has 4 heteroatoms. The van der Waals surface area contributed by atoms with E-state index < -0.39 is 6.09 Å². The van der Waals surface area contributed by atoms with Crippen LogP contribution < -0.4 is 5.32 Å². The van der Waals surface area contributed by atoms with Crippen LogP contribution in [-0.4, -0.2) is 11.1 Å². The van der Waals surface area contributed by atoms with Gasteiger partial charge in [0.25, 0.3) is 0 Å². The quantitative estimate of drug-likeness (QED) is 0.603. The summed E-state index contributed by atoms with van der Waals surface area (Å²) in [6.07, 6.45) is 1.25. The van der Waals surface area contributed by atoms with Gasteiger partial charge < -0.3 is 4.74 Å². The van der Waals surface area contributed by atoms with Crippen molar-refractivity contribution in [2.75, 3.05) is 5.32 Å². The molecule has 11 heavy (non-hydrogen) atoms. The average Bonchev–Trinajstić information content (AvgIpc) is 2.04. The number of hydrogen-bond acceptors (Lipinski definition) is 3. The third-order valence-corrected chi connectivity index (χ3v) is 1.47. The van der Waals surface area contributed by atoms with Crippen LogP contribution in [0.1, 0.15) is 5.69 Å². The van der Waals surface area contributed by atoms with Crippen LogP contribution in [0.25, 0.3) is 0 Å². The fraction of sp³-hybridized carbons (Fsp3) is 0.143. The highest BCUT2D eigenvalue weighted by Gasteiger charge is 2.14. The van der Waals surface area contributed by atoms with Gasteiger partial charge in [0.15, 0.2) is 0 Å². The SMILES string of the molecule is O=C1Nc2cccnc2CO1. The number of carbonyl (C=O) groups excluding carboxylic acids is 1. The second-order valence-corrected chi connectivity index (χ2v) is 2.20. The number of rotatable bonds is 0. The Labute approximate surface area is 63.2 Å². The average molecular weight is 150 g/mol. The number of aromatic nitrogens is 1. The van der Waals surface area contributed by atoms with Gasteiger partial charge in [-0.1, -0.05) is 0 Å². The highest BCUT2D eigenvalue weighted by molar-refractivity contribution is 5.86. The van der Waals surface area contributed by atoms with Crippen molar-refractivity contribution in [3.8, 4) is 0 Å². The lowest BCUT2D eigenvalue weighted by atomic mass is 10.3. The van der Waals surface area contributed by atoms with Crippen molar-refractivity contribution in [3.05, 3.63) is 24.0 Å². The van der Waals surface area contributed by atoms with E-state index in [2.05, 4.69) is 10.3 Å². The highest BCUT2D eigenvalue weighted by atomic mass is 16.5. The minimum Gasteiger partial charge on any atom is -0.443 e. The predicted octanol–water partition coefficient (Wildman–Crippen LogP) is 1.14. The molecule has 0 aromatic carbocycles. The fourth-order valence-corrected chi connectivity index (χ4v) is 0.947. The van der Waals surface area contributed by atoms with Crippen molar-refractivity contribution in [2.45, 2.75) is 6.61 Å². The summed E-state index contributed by atoms with van der Waals surface area (Å²) in [6, 6.07) is 3.56. The van der Waals surface area contributed by atoms with Crippen molar-refractivity contribution < 1.29 is 9.53 Å². The molecule has 56 valence electrons. The number of carbonyl (C=O) groups is 1. The van der Waals surface area contributed by atoms with Gasteiger partial charge in [0.2, 0.25) is 0 Å². The van der Waals surface area contributed by atoms with E-state index in [9.17, 15) is 4.79 Å². The van der Waals surface area contributed by atoms with Crippen LogP contribution >= 0.6 is 0 Å². The number of nitrogens with one attached hydrogen (secondary N) is 1. The standard InChI is InChI=1S/C7H6N2O2/c10-7-9-5-2-1-3-8-6(5)4-11-7/h1-3H,4H2,(H,9,10). The first-order valence-corrected chi connectivity index (χ1v) is 3.24. The zero-order valence-electron chi connectivity index (χ0n) is 5.70. The van der Waals surface area contributed by atoms with Crippen LogP contribution in [0.2, 0.25) is 0 Å². The molecule has 0 atom stereocenters. The predicted molar refractivity (Wildman–Crippen MR) is 38.0 cm³/mol. The molecule has 0 saturated heterocycles. The Balaban J connectivity index is 2.41. The summed E-state index contributed by atoms with van der Waals surface area (Å²) >= 11 is 0. The molecule has 1 aromatic heterocycles. The van der Waals surface area contributed by atoms with E-state index in [1.165, 1.54) is 0 Å². The second-order valence-electron chi connectivity index (χ2n) is 2.20. The van der Waals surface area contributed by atoms with Gasteiger partial charge in [-0.15, -0.1) is 0 Å². The van der Waals surface area contributed by atoms with E-state index in [1.54, 1.807) is 18.3 Å². The molecular formula is C7H6N2O2. The Morgan fingerprint density at radius 2 is 2.55 bits per heavy atom. The molecule has 0 fully saturated rings.